The number of alkyl halides is 3. The average Bonchev–Trinajstić information content (AvgIpc) is 2.68. The van der Waals surface area contributed by atoms with Gasteiger partial charge >= 0.3 is 6.18 Å². The van der Waals surface area contributed by atoms with Gasteiger partial charge in [0.15, 0.2) is 12.5 Å². The number of hydrogen-bond acceptors (Lipinski definition) is 6. The maximum atomic E-state index is 14.5. The molecule has 1 aliphatic heterocycles. The predicted molar refractivity (Wildman–Crippen MR) is 97.3 cm³/mol. The monoisotopic (exact) mass is 423 g/mol. The first-order chi connectivity index (χ1) is 14.0. The molecule has 0 bridgehead atoms. The summed E-state index contributed by atoms with van der Waals surface area (Å²) in [6.45, 7) is 1.38. The second-order valence-electron chi connectivity index (χ2n) is 6.96. The van der Waals surface area contributed by atoms with Crippen molar-refractivity contribution in [2.45, 2.75) is 37.5 Å². The Balaban J connectivity index is 1.87. The zero-order valence-electron chi connectivity index (χ0n) is 15.6. The van der Waals surface area contributed by atoms with Crippen LogP contribution in [-0.4, -0.2) is 29.5 Å². The van der Waals surface area contributed by atoms with Crippen molar-refractivity contribution in [3.05, 3.63) is 59.2 Å². The van der Waals surface area contributed by atoms with Gasteiger partial charge in [-0.2, -0.15) is 18.4 Å². The number of benzene rings is 1. The number of amides is 1. The Morgan fingerprint density at radius 3 is 2.73 bits per heavy atom. The molecule has 1 aromatic carbocycles. The van der Waals surface area contributed by atoms with Crippen molar-refractivity contribution in [1.29, 1.82) is 5.26 Å². The second-order valence-corrected chi connectivity index (χ2v) is 6.96. The van der Waals surface area contributed by atoms with E-state index >= 15 is 0 Å². The van der Waals surface area contributed by atoms with Gasteiger partial charge in [-0.05, 0) is 37.3 Å². The molecule has 0 radical (unpaired) electrons. The van der Waals surface area contributed by atoms with Gasteiger partial charge in [0.25, 0.3) is 5.91 Å². The number of carbonyl (C=O) groups excluding carboxylic acids is 1. The summed E-state index contributed by atoms with van der Waals surface area (Å²) >= 11 is 0. The molecule has 1 amide bonds. The Morgan fingerprint density at radius 2 is 2.13 bits per heavy atom. The standard InChI is InChI=1S/C19H17F4N5O2/c1-18(7-15(19(21,22)23)30-17(25)28-18)12-6-11(3-4-13(12)20)27-16(29)14-5-2-10(8-24)9-26-14/h2-6,9,15,17,28H,7,25H2,1H3,(H,27,29)/t15-,17?,18+/m1/s1. The molecule has 0 saturated carbocycles. The smallest absolute Gasteiger partial charge is 0.337 e. The number of rotatable bonds is 3. The molecule has 7 nitrogen and oxygen atoms in total. The Morgan fingerprint density at radius 1 is 1.40 bits per heavy atom. The van der Waals surface area contributed by atoms with Crippen molar-refractivity contribution in [3.63, 3.8) is 0 Å². The summed E-state index contributed by atoms with van der Waals surface area (Å²) in [4.78, 5) is 16.2. The maximum Gasteiger partial charge on any atom is 0.414 e. The fraction of sp³-hybridized carbons (Fsp3) is 0.316. The largest absolute Gasteiger partial charge is 0.414 e. The van der Waals surface area contributed by atoms with Crippen LogP contribution in [0.3, 0.4) is 0 Å². The van der Waals surface area contributed by atoms with Gasteiger partial charge < -0.3 is 10.1 Å². The molecule has 3 rings (SSSR count). The van der Waals surface area contributed by atoms with Crippen molar-refractivity contribution in [1.82, 2.24) is 10.3 Å². The summed E-state index contributed by atoms with van der Waals surface area (Å²) in [6.07, 6.45) is -7.72. The number of ether oxygens (including phenoxy) is 1. The molecule has 1 aromatic heterocycles. The fourth-order valence-corrected chi connectivity index (χ4v) is 3.20. The van der Waals surface area contributed by atoms with E-state index in [9.17, 15) is 22.4 Å². The minimum Gasteiger partial charge on any atom is -0.337 e. The van der Waals surface area contributed by atoms with Gasteiger partial charge in [-0.15, -0.1) is 0 Å². The summed E-state index contributed by atoms with van der Waals surface area (Å²) in [7, 11) is 0. The number of nitriles is 1. The molecule has 11 heteroatoms. The van der Waals surface area contributed by atoms with Crippen molar-refractivity contribution in [2.24, 2.45) is 5.73 Å². The van der Waals surface area contributed by atoms with Crippen LogP contribution in [0.4, 0.5) is 23.2 Å². The first kappa shape index (κ1) is 21.6. The molecule has 4 N–H and O–H groups in total. The quantitative estimate of drug-likeness (QED) is 0.655. The lowest BCUT2D eigenvalue weighted by molar-refractivity contribution is -0.260. The maximum absolute atomic E-state index is 14.5. The summed E-state index contributed by atoms with van der Waals surface area (Å²) in [5, 5.41) is 13.9. The molecular weight excluding hydrogens is 406 g/mol. The van der Waals surface area contributed by atoms with Crippen LogP contribution in [0.15, 0.2) is 36.5 Å². The first-order valence-corrected chi connectivity index (χ1v) is 8.75. The SMILES string of the molecule is C[C@@]1(c2cc(NC(=O)c3ccc(C#N)cn3)ccc2F)C[C@H](C(F)(F)F)OC(N)N1. The lowest BCUT2D eigenvalue weighted by atomic mass is 9.84. The number of pyridine rings is 1. The van der Waals surface area contributed by atoms with E-state index in [4.69, 9.17) is 15.7 Å². The number of nitrogens with two attached hydrogens (primary N) is 1. The van der Waals surface area contributed by atoms with E-state index < -0.39 is 42.3 Å². The minimum absolute atomic E-state index is 0.00874. The molecular formula is C19H17F4N5O2. The molecule has 30 heavy (non-hydrogen) atoms. The van der Waals surface area contributed by atoms with Crippen molar-refractivity contribution in [2.75, 3.05) is 5.32 Å². The van der Waals surface area contributed by atoms with Gasteiger partial charge in [0.05, 0.1) is 5.56 Å². The van der Waals surface area contributed by atoms with E-state index in [2.05, 4.69) is 15.6 Å². The number of nitrogens with one attached hydrogen (secondary N) is 2. The summed E-state index contributed by atoms with van der Waals surface area (Å²) in [5.41, 5.74) is 4.36. The summed E-state index contributed by atoms with van der Waals surface area (Å²) in [5.74, 6) is -1.40. The molecule has 0 spiro atoms. The number of aromatic nitrogens is 1. The molecule has 1 aliphatic rings. The zero-order chi connectivity index (χ0) is 22.1. The van der Waals surface area contributed by atoms with Crippen molar-refractivity contribution >= 4 is 11.6 Å². The summed E-state index contributed by atoms with van der Waals surface area (Å²) < 4.78 is 58.8. The summed E-state index contributed by atoms with van der Waals surface area (Å²) in [6, 6.07) is 8.15. The van der Waals surface area contributed by atoms with E-state index in [-0.39, 0.29) is 22.5 Å². The highest BCUT2D eigenvalue weighted by Gasteiger charge is 2.50. The van der Waals surface area contributed by atoms with Crippen LogP contribution in [0.2, 0.25) is 0 Å². The van der Waals surface area contributed by atoms with Gasteiger partial charge in [0.2, 0.25) is 0 Å². The van der Waals surface area contributed by atoms with Gasteiger partial charge in [0, 0.05) is 29.4 Å². The van der Waals surface area contributed by atoms with Crippen LogP contribution < -0.4 is 16.4 Å². The lowest BCUT2D eigenvalue weighted by Gasteiger charge is -2.43. The third kappa shape index (κ3) is 4.56. The molecule has 2 aromatic rings. The highest BCUT2D eigenvalue weighted by molar-refractivity contribution is 6.02. The Kier molecular flexibility index (Phi) is 5.76. The number of nitrogens with zero attached hydrogens (tertiary/aromatic N) is 2. The van der Waals surface area contributed by atoms with Crippen LogP contribution in [-0.2, 0) is 10.3 Å². The minimum atomic E-state index is -4.68. The number of anilines is 1. The molecule has 0 aliphatic carbocycles. The molecule has 1 saturated heterocycles. The molecule has 3 atom stereocenters. The van der Waals surface area contributed by atoms with Gasteiger partial charge in [-0.1, -0.05) is 0 Å². The van der Waals surface area contributed by atoms with Crippen LogP contribution in [0.1, 0.15) is 35.0 Å². The molecule has 1 unspecified atom stereocenters. The van der Waals surface area contributed by atoms with Gasteiger partial charge in [-0.25, -0.2) is 9.37 Å². The highest BCUT2D eigenvalue weighted by Crippen LogP contribution is 2.39. The number of halogens is 4. The first-order valence-electron chi connectivity index (χ1n) is 8.75. The van der Waals surface area contributed by atoms with E-state index in [1.807, 2.05) is 6.07 Å². The Hall–Kier alpha value is -3.07. The van der Waals surface area contributed by atoms with Crippen LogP contribution in [0.25, 0.3) is 0 Å². The third-order valence-electron chi connectivity index (χ3n) is 4.67. The fourth-order valence-electron chi connectivity index (χ4n) is 3.20. The number of hydrogen-bond donors (Lipinski definition) is 3. The Labute approximate surface area is 168 Å². The van der Waals surface area contributed by atoms with E-state index in [1.165, 1.54) is 37.4 Å². The van der Waals surface area contributed by atoms with Crippen LogP contribution in [0, 0.1) is 17.1 Å². The lowest BCUT2D eigenvalue weighted by Crippen LogP contribution is -2.61. The van der Waals surface area contributed by atoms with E-state index in [1.54, 1.807) is 0 Å². The van der Waals surface area contributed by atoms with Crippen molar-refractivity contribution in [3.8, 4) is 6.07 Å². The Bertz CT molecular complexity index is 990. The molecule has 2 heterocycles. The normalized spacial score (nSPS) is 24.2. The second kappa shape index (κ2) is 7.98. The topological polar surface area (TPSA) is 113 Å². The number of carbonyl (C=O) groups is 1. The highest BCUT2D eigenvalue weighted by atomic mass is 19.4. The predicted octanol–water partition coefficient (Wildman–Crippen LogP) is 2.74. The third-order valence-corrected chi connectivity index (χ3v) is 4.67. The molecule has 158 valence electrons. The van der Waals surface area contributed by atoms with E-state index in [0.717, 1.165) is 6.07 Å². The van der Waals surface area contributed by atoms with E-state index in [0.29, 0.717) is 0 Å². The van der Waals surface area contributed by atoms with Crippen LogP contribution in [0.5, 0.6) is 0 Å². The van der Waals surface area contributed by atoms with Crippen LogP contribution >= 0.6 is 0 Å². The van der Waals surface area contributed by atoms with Gasteiger partial charge in [-0.3, -0.25) is 15.8 Å². The van der Waals surface area contributed by atoms with Gasteiger partial charge in [0.1, 0.15) is 17.6 Å². The average molecular weight is 423 g/mol. The van der Waals surface area contributed by atoms with Crippen molar-refractivity contribution < 1.29 is 27.1 Å². The zero-order valence-corrected chi connectivity index (χ0v) is 15.6. The molecule has 1 fully saturated rings.